The molecule has 0 fully saturated rings. The van der Waals surface area contributed by atoms with E-state index >= 15 is 0 Å². The summed E-state index contributed by atoms with van der Waals surface area (Å²) >= 11 is 0. The van der Waals surface area contributed by atoms with Gasteiger partial charge in [0.15, 0.2) is 5.25 Å². The molecule has 106 valence electrons. The molecule has 1 N–H and O–H groups in total. The minimum absolute atomic E-state index is 0.0205. The zero-order chi connectivity index (χ0) is 14.2. The molecule has 9 nitrogen and oxygen atoms in total. The van der Waals surface area contributed by atoms with Crippen LogP contribution in [0.4, 0.5) is 0 Å². The van der Waals surface area contributed by atoms with Gasteiger partial charge in [0.05, 0.1) is 19.6 Å². The van der Waals surface area contributed by atoms with Gasteiger partial charge in [-0.15, -0.1) is 0 Å². The summed E-state index contributed by atoms with van der Waals surface area (Å²) < 4.78 is 30.6. The first-order chi connectivity index (χ1) is 8.32. The Morgan fingerprint density at radius 1 is 1.11 bits per heavy atom. The Labute approximate surface area is 104 Å². The van der Waals surface area contributed by atoms with Crippen LogP contribution in [0.15, 0.2) is 0 Å². The van der Waals surface area contributed by atoms with Crippen LogP contribution >= 0.6 is 0 Å². The molecule has 1 atom stereocenters. The van der Waals surface area contributed by atoms with Crippen molar-refractivity contribution in [2.24, 2.45) is 0 Å². The summed E-state index contributed by atoms with van der Waals surface area (Å²) in [5.74, 6) is -2.57. The number of carbonyl (C=O) groups excluding carboxylic acids is 2. The van der Waals surface area contributed by atoms with Crippen LogP contribution in [-0.2, 0) is 39.3 Å². The highest BCUT2D eigenvalue weighted by molar-refractivity contribution is 7.87. The van der Waals surface area contributed by atoms with E-state index in [4.69, 9.17) is 4.55 Å². The van der Waals surface area contributed by atoms with Gasteiger partial charge < -0.3 is 0 Å². The highest BCUT2D eigenvalue weighted by Crippen LogP contribution is 2.09. The highest BCUT2D eigenvalue weighted by Gasteiger charge is 2.36. The smallest absolute Gasteiger partial charge is 0.298 e. The van der Waals surface area contributed by atoms with Crippen LogP contribution in [0, 0.1) is 0 Å². The third kappa shape index (κ3) is 6.49. The lowest BCUT2D eigenvalue weighted by molar-refractivity contribution is -0.274. The van der Waals surface area contributed by atoms with E-state index < -0.39 is 33.7 Å². The molecule has 0 aliphatic heterocycles. The minimum atomic E-state index is -4.83. The van der Waals surface area contributed by atoms with Crippen molar-refractivity contribution in [1.29, 1.82) is 0 Å². The summed E-state index contributed by atoms with van der Waals surface area (Å²) in [5, 5.41) is -2.13. The number of rotatable bonds is 8. The topological polar surface area (TPSA) is 125 Å². The Bertz CT molecular complexity index is 374. The molecule has 0 heterocycles. The summed E-state index contributed by atoms with van der Waals surface area (Å²) in [7, 11) is -4.83. The molecular weight excluding hydrogens is 272 g/mol. The first-order valence-electron chi connectivity index (χ1n) is 4.94. The minimum Gasteiger partial charge on any atom is -0.298 e. The first-order valence-corrected chi connectivity index (χ1v) is 6.45. The molecule has 0 aliphatic carbocycles. The molecule has 0 rings (SSSR count). The van der Waals surface area contributed by atoms with E-state index in [-0.39, 0.29) is 13.2 Å². The van der Waals surface area contributed by atoms with Crippen LogP contribution in [-0.4, -0.2) is 43.4 Å². The molecule has 0 bridgehead atoms. The molecule has 0 saturated heterocycles. The number of hydrogen-bond donors (Lipinski definition) is 1. The Morgan fingerprint density at radius 2 is 1.61 bits per heavy atom. The van der Waals surface area contributed by atoms with Gasteiger partial charge in [0.2, 0.25) is 0 Å². The summed E-state index contributed by atoms with van der Waals surface area (Å²) in [6.07, 6.45) is -0.954. The fourth-order valence-corrected chi connectivity index (χ4v) is 1.42. The molecule has 0 aromatic heterocycles. The summed E-state index contributed by atoms with van der Waals surface area (Å²) in [6, 6.07) is 0. The van der Waals surface area contributed by atoms with E-state index in [1.807, 2.05) is 0 Å². The maximum atomic E-state index is 11.2. The molecule has 0 aliphatic rings. The van der Waals surface area contributed by atoms with E-state index in [0.717, 1.165) is 0 Å². The zero-order valence-corrected chi connectivity index (χ0v) is 10.6. The first kappa shape index (κ1) is 16.8. The van der Waals surface area contributed by atoms with Crippen LogP contribution in [0.1, 0.15) is 20.3 Å². The van der Waals surface area contributed by atoms with Crippen molar-refractivity contribution in [2.45, 2.75) is 25.5 Å². The third-order valence-electron chi connectivity index (χ3n) is 1.50. The van der Waals surface area contributed by atoms with E-state index in [2.05, 4.69) is 19.6 Å². The Kier molecular flexibility index (Phi) is 7.43. The van der Waals surface area contributed by atoms with E-state index in [1.54, 1.807) is 0 Å². The lowest BCUT2D eigenvalue weighted by atomic mass is 10.3. The fourth-order valence-electron chi connectivity index (χ4n) is 0.791. The van der Waals surface area contributed by atoms with Gasteiger partial charge in [0.25, 0.3) is 10.1 Å². The molecule has 0 aromatic carbocycles. The highest BCUT2D eigenvalue weighted by atomic mass is 32.2. The van der Waals surface area contributed by atoms with Crippen molar-refractivity contribution in [2.75, 3.05) is 13.2 Å². The molecule has 1 unspecified atom stereocenters. The van der Waals surface area contributed by atoms with Gasteiger partial charge in [-0.25, -0.2) is 9.59 Å². The van der Waals surface area contributed by atoms with Gasteiger partial charge >= 0.3 is 11.9 Å². The maximum absolute atomic E-state index is 11.2. The largest absolute Gasteiger partial charge is 0.363 e. The number of hydrogen-bond acceptors (Lipinski definition) is 8. The van der Waals surface area contributed by atoms with Crippen molar-refractivity contribution in [3.8, 4) is 0 Å². The molecule has 0 spiro atoms. The molecule has 0 radical (unpaired) electrons. The Balaban J connectivity index is 4.61. The zero-order valence-electron chi connectivity index (χ0n) is 9.82. The van der Waals surface area contributed by atoms with Crippen molar-refractivity contribution < 1.29 is 42.1 Å². The lowest BCUT2D eigenvalue weighted by Crippen LogP contribution is -2.34. The second kappa shape index (κ2) is 7.97. The van der Waals surface area contributed by atoms with Crippen molar-refractivity contribution in [3.05, 3.63) is 0 Å². The molecule has 0 amide bonds. The van der Waals surface area contributed by atoms with Crippen molar-refractivity contribution in [1.82, 2.24) is 0 Å². The molecule has 18 heavy (non-hydrogen) atoms. The monoisotopic (exact) mass is 286 g/mol. The standard InChI is InChI=1S/C8H14O9S/c1-3-14-16-7(9)5-6(18(11,12)13)8(10)17-15-4-2/h6H,3-5H2,1-2H3,(H,11,12,13). The van der Waals surface area contributed by atoms with Gasteiger partial charge in [-0.3, -0.25) is 14.3 Å². The molecule has 0 saturated carbocycles. The third-order valence-corrected chi connectivity index (χ3v) is 2.58. The maximum Gasteiger partial charge on any atom is 0.363 e. The Morgan fingerprint density at radius 3 is 2.06 bits per heavy atom. The van der Waals surface area contributed by atoms with Crippen molar-refractivity contribution >= 4 is 22.1 Å². The summed E-state index contributed by atoms with van der Waals surface area (Å²) in [6.45, 7) is 3.04. The second-order valence-corrected chi connectivity index (χ2v) is 4.48. The van der Waals surface area contributed by atoms with Crippen LogP contribution in [0.3, 0.4) is 0 Å². The van der Waals surface area contributed by atoms with Crippen LogP contribution in [0.25, 0.3) is 0 Å². The lowest BCUT2D eigenvalue weighted by Gasteiger charge is -2.10. The molecule has 0 aromatic rings. The van der Waals surface area contributed by atoms with Gasteiger partial charge in [0, 0.05) is 0 Å². The predicted molar refractivity (Wildman–Crippen MR) is 55.4 cm³/mol. The normalized spacial score (nSPS) is 12.8. The van der Waals surface area contributed by atoms with Crippen LogP contribution in [0.2, 0.25) is 0 Å². The van der Waals surface area contributed by atoms with Gasteiger partial charge in [0.1, 0.15) is 0 Å². The SMILES string of the molecule is CCOOC(=O)CC(C(=O)OOCC)S(=O)(=O)O. The van der Waals surface area contributed by atoms with Crippen LogP contribution < -0.4 is 0 Å². The average molecular weight is 286 g/mol. The van der Waals surface area contributed by atoms with E-state index in [1.165, 1.54) is 13.8 Å². The van der Waals surface area contributed by atoms with Gasteiger partial charge in [-0.1, -0.05) is 0 Å². The molecular formula is C8H14O9S. The van der Waals surface area contributed by atoms with E-state index in [9.17, 15) is 18.0 Å². The molecule has 10 heteroatoms. The average Bonchev–Trinajstić information content (AvgIpc) is 2.28. The summed E-state index contributed by atoms with van der Waals surface area (Å²) in [5.41, 5.74) is 0. The fraction of sp³-hybridized carbons (Fsp3) is 0.750. The Hall–Kier alpha value is -1.23. The second-order valence-electron chi connectivity index (χ2n) is 2.88. The van der Waals surface area contributed by atoms with Crippen LogP contribution in [0.5, 0.6) is 0 Å². The van der Waals surface area contributed by atoms with Gasteiger partial charge in [-0.2, -0.15) is 18.2 Å². The van der Waals surface area contributed by atoms with E-state index in [0.29, 0.717) is 0 Å². The number of carbonyl (C=O) groups is 2. The quantitative estimate of drug-likeness (QED) is 0.361. The van der Waals surface area contributed by atoms with Crippen molar-refractivity contribution in [3.63, 3.8) is 0 Å². The summed E-state index contributed by atoms with van der Waals surface area (Å²) in [4.78, 5) is 38.9. The predicted octanol–water partition coefficient (Wildman–Crippen LogP) is -0.378. The van der Waals surface area contributed by atoms with Gasteiger partial charge in [-0.05, 0) is 13.8 Å².